The van der Waals surface area contributed by atoms with E-state index in [1.807, 2.05) is 49.4 Å². The quantitative estimate of drug-likeness (QED) is 0.744. The number of aryl methyl sites for hydroxylation is 1. The van der Waals surface area contributed by atoms with E-state index in [0.29, 0.717) is 5.88 Å². The van der Waals surface area contributed by atoms with Gasteiger partial charge in [-0.2, -0.15) is 0 Å². The maximum atomic E-state index is 5.95. The SMILES string of the molecule is Cc1cccc(-c2c(-c3ccc(Br)cc3)noc2N)c1. The predicted octanol–water partition coefficient (Wildman–Crippen LogP) is 4.66. The fourth-order valence-electron chi connectivity index (χ4n) is 2.19. The summed E-state index contributed by atoms with van der Waals surface area (Å²) in [4.78, 5) is 0. The highest BCUT2D eigenvalue weighted by atomic mass is 79.9. The molecule has 2 N–H and O–H groups in total. The van der Waals surface area contributed by atoms with Gasteiger partial charge in [0, 0.05) is 10.0 Å². The third kappa shape index (κ3) is 2.34. The van der Waals surface area contributed by atoms with E-state index in [9.17, 15) is 0 Å². The third-order valence-electron chi connectivity index (χ3n) is 3.14. The summed E-state index contributed by atoms with van der Waals surface area (Å²) in [6.07, 6.45) is 0. The Morgan fingerprint density at radius 2 is 1.80 bits per heavy atom. The van der Waals surface area contributed by atoms with E-state index in [-0.39, 0.29) is 0 Å². The Balaban J connectivity index is 2.17. The van der Waals surface area contributed by atoms with Crippen molar-refractivity contribution in [1.82, 2.24) is 5.16 Å². The summed E-state index contributed by atoms with van der Waals surface area (Å²) in [6, 6.07) is 16.1. The van der Waals surface area contributed by atoms with Crippen molar-refractivity contribution in [3.63, 3.8) is 0 Å². The third-order valence-corrected chi connectivity index (χ3v) is 3.67. The van der Waals surface area contributed by atoms with Crippen molar-refractivity contribution in [3.8, 4) is 22.4 Å². The molecule has 0 fully saturated rings. The molecule has 3 rings (SSSR count). The van der Waals surface area contributed by atoms with E-state index in [0.717, 1.165) is 26.9 Å². The Hall–Kier alpha value is -2.07. The van der Waals surface area contributed by atoms with Crippen LogP contribution >= 0.6 is 15.9 Å². The smallest absolute Gasteiger partial charge is 0.230 e. The molecule has 0 spiro atoms. The van der Waals surface area contributed by atoms with E-state index in [2.05, 4.69) is 27.2 Å². The highest BCUT2D eigenvalue weighted by Gasteiger charge is 2.17. The van der Waals surface area contributed by atoms with Gasteiger partial charge in [0.1, 0.15) is 5.69 Å². The van der Waals surface area contributed by atoms with Crippen molar-refractivity contribution >= 4 is 21.8 Å². The summed E-state index contributed by atoms with van der Waals surface area (Å²) in [7, 11) is 0. The number of anilines is 1. The molecule has 0 unspecified atom stereocenters. The normalized spacial score (nSPS) is 10.7. The standard InChI is InChI=1S/C16H13BrN2O/c1-10-3-2-4-12(9-10)14-15(19-20-16(14)18)11-5-7-13(17)8-6-11/h2-9H,18H2,1H3. The van der Waals surface area contributed by atoms with Crippen LogP contribution in [0.3, 0.4) is 0 Å². The van der Waals surface area contributed by atoms with E-state index < -0.39 is 0 Å². The van der Waals surface area contributed by atoms with Gasteiger partial charge in [0.25, 0.3) is 0 Å². The van der Waals surface area contributed by atoms with Crippen LogP contribution in [0.4, 0.5) is 5.88 Å². The molecule has 0 aliphatic heterocycles. The van der Waals surface area contributed by atoms with Crippen molar-refractivity contribution in [2.75, 3.05) is 5.73 Å². The first-order chi connectivity index (χ1) is 9.65. The van der Waals surface area contributed by atoms with Crippen LogP contribution in [0.5, 0.6) is 0 Å². The molecule has 100 valence electrons. The lowest BCUT2D eigenvalue weighted by molar-refractivity contribution is 0.439. The monoisotopic (exact) mass is 328 g/mol. The van der Waals surface area contributed by atoms with E-state index in [1.165, 1.54) is 5.56 Å². The van der Waals surface area contributed by atoms with Crippen LogP contribution in [0.1, 0.15) is 5.56 Å². The average Bonchev–Trinajstić information content (AvgIpc) is 2.81. The number of nitrogens with two attached hydrogens (primary N) is 1. The molecular weight excluding hydrogens is 316 g/mol. The molecular formula is C16H13BrN2O. The highest BCUT2D eigenvalue weighted by molar-refractivity contribution is 9.10. The summed E-state index contributed by atoms with van der Waals surface area (Å²) in [5.41, 5.74) is 10.7. The second-order valence-electron chi connectivity index (χ2n) is 4.65. The fourth-order valence-corrected chi connectivity index (χ4v) is 2.45. The van der Waals surface area contributed by atoms with Gasteiger partial charge in [0.05, 0.1) is 5.56 Å². The Bertz CT molecular complexity index is 747. The number of nitrogens with zero attached hydrogens (tertiary/aromatic N) is 1. The molecule has 1 heterocycles. The minimum Gasteiger partial charge on any atom is -0.367 e. The van der Waals surface area contributed by atoms with E-state index in [1.54, 1.807) is 0 Å². The van der Waals surface area contributed by atoms with Crippen molar-refractivity contribution < 1.29 is 4.52 Å². The number of halogens is 1. The number of nitrogen functional groups attached to an aromatic ring is 1. The second-order valence-corrected chi connectivity index (χ2v) is 5.56. The number of benzene rings is 2. The Morgan fingerprint density at radius 3 is 2.50 bits per heavy atom. The van der Waals surface area contributed by atoms with Gasteiger partial charge >= 0.3 is 0 Å². The number of hydrogen-bond donors (Lipinski definition) is 1. The van der Waals surface area contributed by atoms with E-state index >= 15 is 0 Å². The fraction of sp³-hybridized carbons (Fsp3) is 0.0625. The first-order valence-corrected chi connectivity index (χ1v) is 7.02. The van der Waals surface area contributed by atoms with Gasteiger partial charge in [-0.05, 0) is 24.6 Å². The Morgan fingerprint density at radius 1 is 1.05 bits per heavy atom. The zero-order chi connectivity index (χ0) is 14.1. The lowest BCUT2D eigenvalue weighted by atomic mass is 10.00. The van der Waals surface area contributed by atoms with Crippen LogP contribution in [-0.4, -0.2) is 5.16 Å². The Kier molecular flexibility index (Phi) is 3.32. The lowest BCUT2D eigenvalue weighted by Gasteiger charge is -2.04. The maximum absolute atomic E-state index is 5.95. The molecule has 20 heavy (non-hydrogen) atoms. The van der Waals surface area contributed by atoms with Crippen molar-refractivity contribution in [2.45, 2.75) is 6.92 Å². The van der Waals surface area contributed by atoms with E-state index in [4.69, 9.17) is 10.3 Å². The number of aromatic nitrogens is 1. The number of rotatable bonds is 2. The largest absolute Gasteiger partial charge is 0.367 e. The van der Waals surface area contributed by atoms with Crippen LogP contribution in [0.25, 0.3) is 22.4 Å². The van der Waals surface area contributed by atoms with Crippen molar-refractivity contribution in [3.05, 3.63) is 58.6 Å². The van der Waals surface area contributed by atoms with Gasteiger partial charge in [-0.3, -0.25) is 0 Å². The summed E-state index contributed by atoms with van der Waals surface area (Å²) in [5, 5.41) is 4.11. The topological polar surface area (TPSA) is 52.0 Å². The van der Waals surface area contributed by atoms with Crippen LogP contribution in [0, 0.1) is 6.92 Å². The molecule has 0 saturated heterocycles. The maximum Gasteiger partial charge on any atom is 0.230 e. The van der Waals surface area contributed by atoms with Gasteiger partial charge in [-0.1, -0.05) is 63.0 Å². The minimum absolute atomic E-state index is 0.341. The molecule has 3 aromatic rings. The molecule has 0 amide bonds. The second kappa shape index (κ2) is 5.13. The average molecular weight is 329 g/mol. The summed E-state index contributed by atoms with van der Waals surface area (Å²) in [6.45, 7) is 2.05. The molecule has 2 aromatic carbocycles. The van der Waals surface area contributed by atoms with Crippen LogP contribution in [-0.2, 0) is 0 Å². The van der Waals surface area contributed by atoms with Crippen molar-refractivity contribution in [2.24, 2.45) is 0 Å². The predicted molar refractivity (Wildman–Crippen MR) is 84.2 cm³/mol. The molecule has 3 nitrogen and oxygen atoms in total. The zero-order valence-corrected chi connectivity index (χ0v) is 12.5. The van der Waals surface area contributed by atoms with Crippen LogP contribution < -0.4 is 5.73 Å². The van der Waals surface area contributed by atoms with Gasteiger partial charge < -0.3 is 10.3 Å². The first kappa shape index (κ1) is 12.9. The number of hydrogen-bond acceptors (Lipinski definition) is 3. The van der Waals surface area contributed by atoms with Gasteiger partial charge in [-0.15, -0.1) is 0 Å². The lowest BCUT2D eigenvalue weighted by Crippen LogP contribution is -1.88. The van der Waals surface area contributed by atoms with Crippen molar-refractivity contribution in [1.29, 1.82) is 0 Å². The van der Waals surface area contributed by atoms with Crippen LogP contribution in [0.15, 0.2) is 57.5 Å². The zero-order valence-electron chi connectivity index (χ0n) is 10.9. The minimum atomic E-state index is 0.341. The van der Waals surface area contributed by atoms with Gasteiger partial charge in [-0.25, -0.2) is 0 Å². The van der Waals surface area contributed by atoms with Gasteiger partial charge in [0.2, 0.25) is 5.88 Å². The molecule has 0 saturated carbocycles. The summed E-state index contributed by atoms with van der Waals surface area (Å²) in [5.74, 6) is 0.341. The molecule has 0 bridgehead atoms. The summed E-state index contributed by atoms with van der Waals surface area (Å²) >= 11 is 3.43. The van der Waals surface area contributed by atoms with Crippen LogP contribution in [0.2, 0.25) is 0 Å². The Labute approximate surface area is 125 Å². The van der Waals surface area contributed by atoms with Gasteiger partial charge in [0.15, 0.2) is 0 Å². The summed E-state index contributed by atoms with van der Waals surface area (Å²) < 4.78 is 6.21. The molecule has 0 aliphatic rings. The molecule has 0 radical (unpaired) electrons. The molecule has 0 atom stereocenters. The molecule has 4 heteroatoms. The first-order valence-electron chi connectivity index (χ1n) is 6.23. The highest BCUT2D eigenvalue weighted by Crippen LogP contribution is 2.36. The molecule has 0 aliphatic carbocycles. The molecule has 1 aromatic heterocycles.